The van der Waals surface area contributed by atoms with Crippen molar-refractivity contribution in [1.82, 2.24) is 9.97 Å². The fraction of sp³-hybridized carbons (Fsp3) is 0. The predicted molar refractivity (Wildman–Crippen MR) is 139 cm³/mol. The van der Waals surface area contributed by atoms with E-state index in [0.29, 0.717) is 0 Å². The quantitative estimate of drug-likeness (QED) is 0.0978. The molecule has 0 fully saturated rings. The Morgan fingerprint density at radius 2 is 0.778 bits per heavy atom. The first-order chi connectivity index (χ1) is 21.0. The number of halogens is 10. The van der Waals surface area contributed by atoms with E-state index in [1.165, 1.54) is 73.4 Å². The van der Waals surface area contributed by atoms with Gasteiger partial charge in [0.15, 0.2) is 46.5 Å². The van der Waals surface area contributed by atoms with Crippen LogP contribution >= 0.6 is 0 Å². The van der Waals surface area contributed by atoms with Gasteiger partial charge in [0.25, 0.3) is 0 Å². The molecule has 0 unspecified atom stereocenters. The Morgan fingerprint density at radius 1 is 0.467 bits per heavy atom. The summed E-state index contributed by atoms with van der Waals surface area (Å²) in [5.74, 6) is -20.1. The average molecular weight is 673 g/mol. The monoisotopic (exact) mass is 673 g/mol. The fourth-order valence-electron chi connectivity index (χ4n) is 4.22. The zero-order chi connectivity index (χ0) is 31.7. The second kappa shape index (κ2) is 13.4. The van der Waals surface area contributed by atoms with Gasteiger partial charge in [-0.1, -0.05) is 24.3 Å². The van der Waals surface area contributed by atoms with Gasteiger partial charge < -0.3 is 9.97 Å². The van der Waals surface area contributed by atoms with Crippen molar-refractivity contribution in [1.29, 1.82) is 0 Å². The summed E-state index contributed by atoms with van der Waals surface area (Å²) in [6.07, 6.45) is 11.1. The first-order valence-electron chi connectivity index (χ1n) is 12.1. The Balaban J connectivity index is 0.000000200. The summed E-state index contributed by atoms with van der Waals surface area (Å²) >= 11 is 0. The van der Waals surface area contributed by atoms with Gasteiger partial charge in [-0.2, -0.15) is 12.4 Å². The molecule has 2 aromatic heterocycles. The number of rotatable bonds is 4. The Labute approximate surface area is 257 Å². The molecule has 0 spiro atoms. The second-order valence-electron chi connectivity index (χ2n) is 8.73. The number of nitrogens with zero attached hydrogens (tertiary/aromatic N) is 4. The van der Waals surface area contributed by atoms with Gasteiger partial charge in [0, 0.05) is 12.4 Å². The smallest absolute Gasteiger partial charge is 0.664 e. The topological polar surface area (TPSA) is 52.9 Å². The van der Waals surface area contributed by atoms with E-state index >= 15 is 0 Å². The van der Waals surface area contributed by atoms with Crippen molar-refractivity contribution in [3.8, 4) is 0 Å². The van der Waals surface area contributed by atoms with Crippen molar-refractivity contribution < 1.29 is 61.0 Å². The Morgan fingerprint density at radius 3 is 1.02 bits per heavy atom. The third kappa shape index (κ3) is 5.96. The van der Waals surface area contributed by atoms with Crippen LogP contribution in [-0.4, -0.2) is 12.4 Å². The molecule has 0 atom stereocenters. The van der Waals surface area contributed by atoms with Crippen molar-refractivity contribution in [3.05, 3.63) is 153 Å². The van der Waals surface area contributed by atoms with Crippen molar-refractivity contribution in [2.75, 3.05) is 0 Å². The van der Waals surface area contributed by atoms with Crippen molar-refractivity contribution in [2.45, 2.75) is 0 Å². The number of hydrogen-bond donors (Lipinski definition) is 0. The summed E-state index contributed by atoms with van der Waals surface area (Å²) in [6.45, 7) is 0. The molecule has 45 heavy (non-hydrogen) atoms. The van der Waals surface area contributed by atoms with Crippen molar-refractivity contribution in [3.63, 3.8) is 0 Å². The molecule has 0 saturated heterocycles. The summed E-state index contributed by atoms with van der Waals surface area (Å²) in [4.78, 5) is 15.5. The minimum absolute atomic E-state index is 0. The molecule has 15 heteroatoms. The van der Waals surface area contributed by atoms with Gasteiger partial charge in [-0.05, 0) is 35.5 Å². The van der Waals surface area contributed by atoms with E-state index in [4.69, 9.17) is 0 Å². The maximum Gasteiger partial charge on any atom is 2.00 e. The normalized spacial score (nSPS) is 15.3. The molecule has 2 aliphatic heterocycles. The molecule has 0 bridgehead atoms. The van der Waals surface area contributed by atoms with E-state index in [1.807, 2.05) is 0 Å². The predicted octanol–water partition coefficient (Wildman–Crippen LogP) is 7.48. The zero-order valence-electron chi connectivity index (χ0n) is 21.9. The van der Waals surface area contributed by atoms with Gasteiger partial charge in [-0.15, -0.1) is 11.4 Å². The van der Waals surface area contributed by atoms with E-state index < -0.39 is 69.3 Å². The molecule has 0 aliphatic carbocycles. The first-order valence-corrected chi connectivity index (χ1v) is 12.1. The number of benzene rings is 2. The van der Waals surface area contributed by atoms with Crippen LogP contribution in [0.3, 0.4) is 0 Å². The molecule has 4 nitrogen and oxygen atoms in total. The van der Waals surface area contributed by atoms with Crippen LogP contribution in [0.15, 0.2) is 82.3 Å². The Hall–Kier alpha value is -4.88. The van der Waals surface area contributed by atoms with Gasteiger partial charge >= 0.3 is 17.1 Å². The summed E-state index contributed by atoms with van der Waals surface area (Å²) in [5.41, 5.74) is -2.39. The van der Waals surface area contributed by atoms with Crippen LogP contribution in [0.25, 0.3) is 11.1 Å². The number of allylic oxidation sites excluding steroid dienone is 4. The van der Waals surface area contributed by atoms with Crippen LogP contribution < -0.4 is 9.97 Å². The summed E-state index contributed by atoms with van der Waals surface area (Å²) in [6, 6.07) is 5.73. The third-order valence-corrected chi connectivity index (χ3v) is 6.16. The number of hydrogen-bond acceptors (Lipinski definition) is 2. The third-order valence-electron chi connectivity index (χ3n) is 6.16. The largest absolute Gasteiger partial charge is 2.00 e. The molecule has 6 rings (SSSR count). The fourth-order valence-corrected chi connectivity index (χ4v) is 4.22. The van der Waals surface area contributed by atoms with Crippen LogP contribution in [0.5, 0.6) is 0 Å². The van der Waals surface area contributed by atoms with Crippen LogP contribution in [0.2, 0.25) is 0 Å². The molecular weight excluding hydrogens is 661 g/mol. The molecule has 4 aromatic rings. The zero-order valence-corrected chi connectivity index (χ0v) is 23.1. The van der Waals surface area contributed by atoms with Crippen LogP contribution in [-0.2, 0) is 17.1 Å². The molecule has 4 heterocycles. The van der Waals surface area contributed by atoms with Gasteiger partial charge in [0.2, 0.25) is 11.6 Å². The average Bonchev–Trinajstić information content (AvgIpc) is 3.86. The summed E-state index contributed by atoms with van der Waals surface area (Å²) < 4.78 is 136. The summed E-state index contributed by atoms with van der Waals surface area (Å²) in [7, 11) is 0. The Bertz CT molecular complexity index is 1730. The Kier molecular flexibility index (Phi) is 9.84. The van der Waals surface area contributed by atoms with Crippen LogP contribution in [0, 0.1) is 58.2 Å². The van der Waals surface area contributed by atoms with Gasteiger partial charge in [0.1, 0.15) is 0 Å². The molecule has 229 valence electrons. The molecular formula is C30H12F10MnN4. The maximum atomic E-state index is 14.0. The number of aromatic nitrogens is 2. The maximum absolute atomic E-state index is 14.0. The van der Waals surface area contributed by atoms with E-state index in [0.717, 1.165) is 0 Å². The van der Waals surface area contributed by atoms with Gasteiger partial charge in [-0.3, -0.25) is 9.98 Å². The molecule has 1 radical (unpaired) electrons. The molecule has 0 N–H and O–H groups in total. The second-order valence-corrected chi connectivity index (χ2v) is 8.73. The number of aliphatic imine (C=N–C) groups is 2. The minimum atomic E-state index is -2.20. The molecule has 2 aliphatic rings. The minimum Gasteiger partial charge on any atom is -0.664 e. The first kappa shape index (κ1) is 33.0. The standard InChI is InChI=1S/2C15H6F5N2.Mn/c2*16-11-10(12(17)14(19)15(20)13(11)18)9(7-3-1-5-21-7)8-4-2-6-22-8;/h2*1-6H;/q2*-1;+2/b2*9-7+;. The van der Waals surface area contributed by atoms with E-state index in [2.05, 4.69) is 20.0 Å². The molecule has 2 aromatic carbocycles. The molecule has 0 saturated carbocycles. The van der Waals surface area contributed by atoms with Gasteiger partial charge in [-0.25, -0.2) is 43.9 Å². The van der Waals surface area contributed by atoms with Crippen molar-refractivity contribution >= 4 is 23.6 Å². The van der Waals surface area contributed by atoms with E-state index in [1.54, 1.807) is 0 Å². The van der Waals surface area contributed by atoms with Gasteiger partial charge in [0.05, 0.1) is 22.5 Å². The van der Waals surface area contributed by atoms with Crippen LogP contribution in [0.4, 0.5) is 43.9 Å². The summed E-state index contributed by atoms with van der Waals surface area (Å²) in [5, 5.41) is 0. The van der Waals surface area contributed by atoms with E-state index in [9.17, 15) is 43.9 Å². The van der Waals surface area contributed by atoms with Crippen LogP contribution in [0.1, 0.15) is 22.5 Å². The SMILES string of the molecule is Fc1c(F)c(F)c(/C(=C2\C=CC=N2)c2ccc[n-]2)c(F)c1F.Fc1c(F)c(F)c(/C(=C2\C=CC=N2)c2ccc[n-]2)c(F)c1F.[Mn+2]. The van der Waals surface area contributed by atoms with E-state index in [-0.39, 0.29) is 51.0 Å². The molecule has 0 amide bonds. The van der Waals surface area contributed by atoms with Crippen molar-refractivity contribution in [2.24, 2.45) is 9.98 Å².